The van der Waals surface area contributed by atoms with Crippen molar-refractivity contribution >= 4 is 35.5 Å². The Hall–Kier alpha value is -0.620. The van der Waals surface area contributed by atoms with Crippen LogP contribution >= 0.6 is 23.5 Å². The van der Waals surface area contributed by atoms with E-state index in [9.17, 15) is 14.7 Å². The summed E-state index contributed by atoms with van der Waals surface area (Å²) in [5, 5.41) is 9.57. The lowest BCUT2D eigenvalue weighted by Gasteiger charge is -2.35. The van der Waals surface area contributed by atoms with Crippen LogP contribution in [-0.4, -0.2) is 40.2 Å². The van der Waals surface area contributed by atoms with Gasteiger partial charge < -0.3 is 9.84 Å². The smallest absolute Gasteiger partial charge is 0.309 e. The average molecular weight is 318 g/mol. The SMILES string of the molecule is C=C(C)[C@H](C1SCCCS1)[C@H](C(=O)O)[C@@H](C)C(=O)OC. The Labute approximate surface area is 128 Å². The first-order valence-corrected chi connectivity index (χ1v) is 8.69. The Bertz CT molecular complexity index is 377. The molecule has 0 amide bonds. The molecule has 1 N–H and O–H groups in total. The molecule has 1 heterocycles. The first-order chi connectivity index (χ1) is 9.40. The van der Waals surface area contributed by atoms with Gasteiger partial charge in [-0.05, 0) is 24.9 Å². The predicted molar refractivity (Wildman–Crippen MR) is 83.9 cm³/mol. The first-order valence-electron chi connectivity index (χ1n) is 6.59. The summed E-state index contributed by atoms with van der Waals surface area (Å²) >= 11 is 3.54. The van der Waals surface area contributed by atoms with Crippen molar-refractivity contribution in [2.24, 2.45) is 17.8 Å². The standard InChI is InChI=1S/C14H22O4S2/c1-8(2)10(14-19-6-5-7-20-14)11(12(15)16)9(3)13(17)18-4/h9-11,14H,1,5-7H2,2-4H3,(H,15,16)/t9-,10+,11-/m1/s1. The van der Waals surface area contributed by atoms with Gasteiger partial charge in [0.2, 0.25) is 0 Å². The van der Waals surface area contributed by atoms with E-state index >= 15 is 0 Å². The van der Waals surface area contributed by atoms with Gasteiger partial charge in [0, 0.05) is 5.92 Å². The summed E-state index contributed by atoms with van der Waals surface area (Å²) in [6.07, 6.45) is 1.14. The van der Waals surface area contributed by atoms with Crippen molar-refractivity contribution in [2.45, 2.75) is 24.9 Å². The first kappa shape index (κ1) is 17.4. The molecule has 3 atom stereocenters. The van der Waals surface area contributed by atoms with E-state index in [0.29, 0.717) is 0 Å². The number of methoxy groups -OCH3 is 1. The highest BCUT2D eigenvalue weighted by Crippen LogP contribution is 2.44. The second-order valence-electron chi connectivity index (χ2n) is 5.01. The summed E-state index contributed by atoms with van der Waals surface area (Å²) < 4.78 is 4.86. The monoisotopic (exact) mass is 318 g/mol. The minimum Gasteiger partial charge on any atom is -0.481 e. The van der Waals surface area contributed by atoms with Gasteiger partial charge in [0.25, 0.3) is 0 Å². The second-order valence-corrected chi connectivity index (χ2v) is 7.81. The van der Waals surface area contributed by atoms with E-state index in [-0.39, 0.29) is 10.5 Å². The topological polar surface area (TPSA) is 63.6 Å². The van der Waals surface area contributed by atoms with Gasteiger partial charge in [-0.3, -0.25) is 9.59 Å². The summed E-state index contributed by atoms with van der Waals surface area (Å²) in [6, 6.07) is 0. The molecule has 0 unspecified atom stereocenters. The fourth-order valence-electron chi connectivity index (χ4n) is 2.43. The summed E-state index contributed by atoms with van der Waals surface area (Å²) in [5.41, 5.74) is 0.819. The Balaban J connectivity index is 3.02. The quantitative estimate of drug-likeness (QED) is 0.600. The Kier molecular flexibility index (Phi) is 6.95. The predicted octanol–water partition coefficient (Wildman–Crippen LogP) is 2.88. The average Bonchev–Trinajstić information content (AvgIpc) is 2.43. The van der Waals surface area contributed by atoms with E-state index in [1.807, 2.05) is 6.92 Å². The molecule has 0 aromatic heterocycles. The molecule has 4 nitrogen and oxygen atoms in total. The van der Waals surface area contributed by atoms with Crippen LogP contribution < -0.4 is 0 Å². The number of rotatable bonds is 6. The minimum absolute atomic E-state index is 0.148. The molecule has 1 saturated heterocycles. The molecule has 1 aliphatic rings. The number of ether oxygens (including phenoxy) is 1. The van der Waals surface area contributed by atoms with Crippen LogP contribution in [0.4, 0.5) is 0 Å². The van der Waals surface area contributed by atoms with Gasteiger partial charge in [-0.2, -0.15) is 0 Å². The molecule has 114 valence electrons. The van der Waals surface area contributed by atoms with E-state index in [4.69, 9.17) is 4.74 Å². The summed E-state index contributed by atoms with van der Waals surface area (Å²) in [6.45, 7) is 7.43. The summed E-state index contributed by atoms with van der Waals surface area (Å²) in [5.74, 6) is -1.07. The van der Waals surface area contributed by atoms with Gasteiger partial charge in [-0.1, -0.05) is 19.1 Å². The highest BCUT2D eigenvalue weighted by Gasteiger charge is 2.42. The Morgan fingerprint density at radius 2 is 1.90 bits per heavy atom. The lowest BCUT2D eigenvalue weighted by molar-refractivity contribution is -0.156. The van der Waals surface area contributed by atoms with Gasteiger partial charge in [0.15, 0.2) is 0 Å². The number of allylic oxidation sites excluding steroid dienone is 1. The normalized spacial score (nSPS) is 20.8. The van der Waals surface area contributed by atoms with Crippen molar-refractivity contribution in [1.82, 2.24) is 0 Å². The van der Waals surface area contributed by atoms with Gasteiger partial charge >= 0.3 is 11.9 Å². The van der Waals surface area contributed by atoms with Crippen LogP contribution in [0, 0.1) is 17.8 Å². The lowest BCUT2D eigenvalue weighted by atomic mass is 9.80. The van der Waals surface area contributed by atoms with Gasteiger partial charge in [-0.15, -0.1) is 23.5 Å². The Morgan fingerprint density at radius 1 is 1.35 bits per heavy atom. The van der Waals surface area contributed by atoms with Crippen LogP contribution in [0.3, 0.4) is 0 Å². The van der Waals surface area contributed by atoms with Gasteiger partial charge in [0.05, 0.1) is 23.5 Å². The number of carboxylic acids is 1. The van der Waals surface area contributed by atoms with Crippen molar-refractivity contribution in [1.29, 1.82) is 0 Å². The molecule has 6 heteroatoms. The number of carbonyl (C=O) groups excluding carboxylic acids is 1. The van der Waals surface area contributed by atoms with Crippen LogP contribution in [-0.2, 0) is 14.3 Å². The van der Waals surface area contributed by atoms with E-state index in [0.717, 1.165) is 23.5 Å². The highest BCUT2D eigenvalue weighted by molar-refractivity contribution is 8.17. The molecule has 0 aromatic carbocycles. The number of hydrogen-bond acceptors (Lipinski definition) is 5. The number of hydrogen-bond donors (Lipinski definition) is 1. The fraction of sp³-hybridized carbons (Fsp3) is 0.714. The number of aliphatic carboxylic acids is 1. The van der Waals surface area contributed by atoms with Crippen molar-refractivity contribution in [3.05, 3.63) is 12.2 Å². The lowest BCUT2D eigenvalue weighted by Crippen LogP contribution is -2.39. The maximum Gasteiger partial charge on any atom is 0.309 e. The second kappa shape index (κ2) is 7.98. The zero-order chi connectivity index (χ0) is 15.3. The van der Waals surface area contributed by atoms with Crippen LogP contribution in [0.25, 0.3) is 0 Å². The molecule has 0 spiro atoms. The number of esters is 1. The van der Waals surface area contributed by atoms with Crippen molar-refractivity contribution < 1.29 is 19.4 Å². The molecule has 1 aliphatic heterocycles. The van der Waals surface area contributed by atoms with Gasteiger partial charge in [0.1, 0.15) is 0 Å². The molecular formula is C14H22O4S2. The molecule has 1 fully saturated rings. The van der Waals surface area contributed by atoms with Crippen molar-refractivity contribution in [3.63, 3.8) is 0 Å². The maximum absolute atomic E-state index is 11.7. The third kappa shape index (κ3) is 4.19. The molecule has 1 rings (SSSR count). The largest absolute Gasteiger partial charge is 0.481 e. The molecule has 0 aliphatic carbocycles. The van der Waals surface area contributed by atoms with Gasteiger partial charge in [-0.25, -0.2) is 0 Å². The highest BCUT2D eigenvalue weighted by atomic mass is 32.2. The van der Waals surface area contributed by atoms with Crippen LogP contribution in [0.5, 0.6) is 0 Å². The zero-order valence-corrected chi connectivity index (χ0v) is 13.8. The number of carbonyl (C=O) groups is 2. The molecule has 0 aromatic rings. The minimum atomic E-state index is -0.956. The van der Waals surface area contributed by atoms with Crippen LogP contribution in [0.15, 0.2) is 12.2 Å². The molecule has 0 saturated carbocycles. The number of carboxylic acid groups (broad SMARTS) is 1. The van der Waals surface area contributed by atoms with E-state index in [1.54, 1.807) is 30.4 Å². The van der Waals surface area contributed by atoms with E-state index < -0.39 is 23.8 Å². The fourth-order valence-corrected chi connectivity index (χ4v) is 5.88. The van der Waals surface area contributed by atoms with Crippen molar-refractivity contribution in [3.8, 4) is 0 Å². The van der Waals surface area contributed by atoms with Crippen LogP contribution in [0.1, 0.15) is 20.3 Å². The van der Waals surface area contributed by atoms with E-state index in [2.05, 4.69) is 6.58 Å². The number of thioether (sulfide) groups is 2. The maximum atomic E-state index is 11.7. The summed E-state index contributed by atoms with van der Waals surface area (Å²) in [4.78, 5) is 23.4. The molecule has 20 heavy (non-hydrogen) atoms. The third-order valence-corrected chi connectivity index (χ3v) is 6.61. The zero-order valence-electron chi connectivity index (χ0n) is 12.1. The summed E-state index contributed by atoms with van der Waals surface area (Å²) in [7, 11) is 1.29. The third-order valence-electron chi connectivity index (χ3n) is 3.50. The Morgan fingerprint density at radius 3 is 2.30 bits per heavy atom. The molecule has 0 bridgehead atoms. The van der Waals surface area contributed by atoms with E-state index in [1.165, 1.54) is 7.11 Å². The molecule has 0 radical (unpaired) electrons. The molecular weight excluding hydrogens is 296 g/mol. The van der Waals surface area contributed by atoms with Crippen LogP contribution in [0.2, 0.25) is 0 Å². The van der Waals surface area contributed by atoms with Crippen molar-refractivity contribution in [2.75, 3.05) is 18.6 Å².